The van der Waals surface area contributed by atoms with E-state index in [0.29, 0.717) is 0 Å². The monoisotopic (exact) mass is 612 g/mol. The molecule has 0 aliphatic carbocycles. The minimum Gasteiger partial charge on any atom is -0.459 e. The molecule has 0 amide bonds. The van der Waals surface area contributed by atoms with Gasteiger partial charge in [-0.05, 0) is 12.1 Å². The second-order valence-corrected chi connectivity index (χ2v) is 9.87. The molecule has 4 aliphatic heterocycles. The largest absolute Gasteiger partial charge is 0.459 e. The van der Waals surface area contributed by atoms with Crippen molar-refractivity contribution < 1.29 is 76.8 Å². The van der Waals surface area contributed by atoms with Crippen LogP contribution in [0.4, 0.5) is 0 Å². The Morgan fingerprint density at radius 1 is 0.767 bits per heavy atom. The minimum absolute atomic E-state index is 0.236. The summed E-state index contributed by atoms with van der Waals surface area (Å²) in [4.78, 5) is 62.5. The van der Waals surface area contributed by atoms with Crippen molar-refractivity contribution in [3.8, 4) is 0 Å². The SMILES string of the molecule is CO[C@H]1O[C@@H]2CO[C@H]3O[C@H](COC(=O)c4ccccc4C(=O)O[C@H]1[C@@H](O)[C@@H]2O)[C@@H](OC(C)=O)[C@H](OC(C)=O)[C@@H]3OC(C)=O. The molecule has 1 aromatic rings. The number of ether oxygens (including phenoxy) is 9. The molecule has 0 aromatic heterocycles. The van der Waals surface area contributed by atoms with Crippen molar-refractivity contribution in [1.29, 1.82) is 0 Å². The molecule has 236 valence electrons. The van der Waals surface area contributed by atoms with Crippen molar-refractivity contribution in [2.75, 3.05) is 20.3 Å². The maximum Gasteiger partial charge on any atom is 0.339 e. The maximum absolute atomic E-state index is 13.2. The highest BCUT2D eigenvalue weighted by atomic mass is 16.8. The molecule has 0 saturated carbocycles. The molecule has 43 heavy (non-hydrogen) atoms. The van der Waals surface area contributed by atoms with Crippen LogP contribution in [0.25, 0.3) is 0 Å². The van der Waals surface area contributed by atoms with Crippen LogP contribution in [0, 0.1) is 0 Å². The molecule has 2 saturated heterocycles. The lowest BCUT2D eigenvalue weighted by Gasteiger charge is -2.45. The molecule has 0 radical (unpaired) electrons. The standard InChI is InChI=1S/C27H32O16/c1-11(28)38-20-17-10-36-24(33)14-7-5-6-8-15(14)25(34)43-21-19(32)18(31)16(41-26(21)35-4)9-37-27(42-17)23(40-13(3)30)22(20)39-12(2)29/h5-8,16-23,26-27,31-32H,9-10H2,1-4H3/t16-,17-,18-,19+,20-,21+,22+,23+,26+,27+/m1/s1. The molecular weight excluding hydrogens is 580 g/mol. The minimum atomic E-state index is -1.74. The Morgan fingerprint density at radius 2 is 1.35 bits per heavy atom. The second-order valence-electron chi connectivity index (χ2n) is 9.87. The predicted molar refractivity (Wildman–Crippen MR) is 135 cm³/mol. The van der Waals surface area contributed by atoms with Gasteiger partial charge < -0.3 is 52.8 Å². The van der Waals surface area contributed by atoms with Crippen LogP contribution in [-0.4, -0.2) is 122 Å². The number of esters is 5. The highest BCUT2D eigenvalue weighted by molar-refractivity contribution is 6.03. The maximum atomic E-state index is 13.2. The fourth-order valence-corrected chi connectivity index (χ4v) is 4.93. The number of carbonyl (C=O) groups is 5. The Bertz CT molecular complexity index is 1220. The average Bonchev–Trinajstić information content (AvgIpc) is 2.95. The number of hydrogen-bond donors (Lipinski definition) is 2. The van der Waals surface area contributed by atoms with Gasteiger partial charge in [0.05, 0.1) is 17.7 Å². The van der Waals surface area contributed by atoms with Gasteiger partial charge in [-0.25, -0.2) is 9.59 Å². The fourth-order valence-electron chi connectivity index (χ4n) is 4.93. The Hall–Kier alpha value is -3.67. The van der Waals surface area contributed by atoms with Crippen LogP contribution in [0.15, 0.2) is 24.3 Å². The molecule has 0 unspecified atom stereocenters. The van der Waals surface area contributed by atoms with E-state index in [0.717, 1.165) is 20.8 Å². The number of fused-ring (bicyclic) bond motifs is 6. The summed E-state index contributed by atoms with van der Waals surface area (Å²) in [7, 11) is 1.21. The summed E-state index contributed by atoms with van der Waals surface area (Å²) in [5, 5.41) is 21.7. The number of hydrogen-bond acceptors (Lipinski definition) is 16. The van der Waals surface area contributed by atoms with Crippen molar-refractivity contribution in [3.63, 3.8) is 0 Å². The van der Waals surface area contributed by atoms with Crippen molar-refractivity contribution in [1.82, 2.24) is 0 Å². The molecule has 10 atom stereocenters. The van der Waals surface area contributed by atoms with Crippen molar-refractivity contribution in [3.05, 3.63) is 35.4 Å². The van der Waals surface area contributed by atoms with Crippen LogP contribution < -0.4 is 0 Å². The van der Waals surface area contributed by atoms with Gasteiger partial charge in [-0.2, -0.15) is 0 Å². The summed E-state index contributed by atoms with van der Waals surface area (Å²) in [5.74, 6) is -4.57. The third kappa shape index (κ3) is 7.29. The van der Waals surface area contributed by atoms with E-state index in [9.17, 15) is 34.2 Å². The number of benzene rings is 1. The van der Waals surface area contributed by atoms with Gasteiger partial charge in [0.1, 0.15) is 31.0 Å². The summed E-state index contributed by atoms with van der Waals surface area (Å²) in [5.41, 5.74) is -0.478. The van der Waals surface area contributed by atoms with E-state index in [2.05, 4.69) is 0 Å². The number of carbonyl (C=O) groups excluding carboxylic acids is 5. The topological polar surface area (TPSA) is 209 Å². The van der Waals surface area contributed by atoms with Crippen LogP contribution in [-0.2, 0) is 57.0 Å². The third-order valence-corrected chi connectivity index (χ3v) is 6.79. The summed E-state index contributed by atoms with van der Waals surface area (Å²) < 4.78 is 49.7. The zero-order valence-corrected chi connectivity index (χ0v) is 23.6. The van der Waals surface area contributed by atoms with E-state index >= 15 is 0 Å². The third-order valence-electron chi connectivity index (χ3n) is 6.79. The van der Waals surface area contributed by atoms with Crippen molar-refractivity contribution in [2.24, 2.45) is 0 Å². The van der Waals surface area contributed by atoms with Crippen LogP contribution in [0.1, 0.15) is 41.5 Å². The Balaban J connectivity index is 1.79. The van der Waals surface area contributed by atoms with Crippen molar-refractivity contribution in [2.45, 2.75) is 82.2 Å². The molecule has 2 fully saturated rings. The second kappa shape index (κ2) is 13.7. The van der Waals surface area contributed by atoms with Gasteiger partial charge in [0.15, 0.2) is 37.0 Å². The number of aliphatic hydroxyl groups is 2. The predicted octanol–water partition coefficient (Wildman–Crippen LogP) is -0.988. The first-order valence-corrected chi connectivity index (χ1v) is 13.2. The lowest BCUT2D eigenvalue weighted by atomic mass is 9.97. The normalized spacial score (nSPS) is 34.7. The van der Waals surface area contributed by atoms with E-state index < -0.39 is 104 Å². The molecule has 16 heteroatoms. The average molecular weight is 613 g/mol. The van der Waals surface area contributed by atoms with Gasteiger partial charge in [-0.15, -0.1) is 0 Å². The Morgan fingerprint density at radius 3 is 1.95 bits per heavy atom. The van der Waals surface area contributed by atoms with E-state index in [1.165, 1.54) is 31.4 Å². The van der Waals surface area contributed by atoms with Crippen LogP contribution in [0.2, 0.25) is 0 Å². The fraction of sp³-hybridized carbons (Fsp3) is 0.593. The Kier molecular flexibility index (Phi) is 10.3. The Labute approximate surface area is 244 Å². The molecule has 2 N–H and O–H groups in total. The highest BCUT2D eigenvalue weighted by Gasteiger charge is 2.54. The van der Waals surface area contributed by atoms with Gasteiger partial charge in [-0.3, -0.25) is 14.4 Å². The van der Waals surface area contributed by atoms with Crippen LogP contribution in [0.5, 0.6) is 0 Å². The van der Waals surface area contributed by atoms with Gasteiger partial charge in [0.25, 0.3) is 0 Å². The zero-order chi connectivity index (χ0) is 31.4. The quantitative estimate of drug-likeness (QED) is 0.309. The van der Waals surface area contributed by atoms with E-state index in [-0.39, 0.29) is 11.1 Å². The summed E-state index contributed by atoms with van der Waals surface area (Å²) in [6, 6.07) is 5.48. The first-order valence-electron chi connectivity index (χ1n) is 13.2. The van der Waals surface area contributed by atoms with Crippen LogP contribution >= 0.6 is 0 Å². The summed E-state index contributed by atoms with van der Waals surface area (Å²) >= 11 is 0. The first-order chi connectivity index (χ1) is 20.4. The van der Waals surface area contributed by atoms with E-state index in [4.69, 9.17) is 42.6 Å². The number of rotatable bonds is 4. The molecule has 1 aromatic carbocycles. The van der Waals surface area contributed by atoms with Crippen LogP contribution in [0.3, 0.4) is 0 Å². The van der Waals surface area contributed by atoms with Gasteiger partial charge >= 0.3 is 29.8 Å². The van der Waals surface area contributed by atoms with E-state index in [1.54, 1.807) is 0 Å². The lowest BCUT2D eigenvalue weighted by molar-refractivity contribution is -0.330. The molecule has 4 heterocycles. The molecular formula is C27H32O16. The summed E-state index contributed by atoms with van der Waals surface area (Å²) in [6.45, 7) is 2.08. The molecule has 16 nitrogen and oxygen atoms in total. The lowest BCUT2D eigenvalue weighted by Crippen LogP contribution is -2.64. The summed E-state index contributed by atoms with van der Waals surface area (Å²) in [6.07, 6.45) is -15.1. The molecule has 5 rings (SSSR count). The number of aliphatic hydroxyl groups excluding tert-OH is 2. The number of methoxy groups -OCH3 is 1. The highest BCUT2D eigenvalue weighted by Crippen LogP contribution is 2.32. The zero-order valence-electron chi connectivity index (χ0n) is 23.6. The molecule has 4 aliphatic rings. The van der Waals surface area contributed by atoms with Gasteiger partial charge in [-0.1, -0.05) is 12.1 Å². The van der Waals surface area contributed by atoms with E-state index in [1.807, 2.05) is 0 Å². The van der Waals surface area contributed by atoms with Gasteiger partial charge in [0, 0.05) is 27.9 Å². The molecule has 0 spiro atoms. The first kappa shape index (κ1) is 32.2. The van der Waals surface area contributed by atoms with Gasteiger partial charge in [0.2, 0.25) is 0 Å². The smallest absolute Gasteiger partial charge is 0.339 e. The van der Waals surface area contributed by atoms with Crippen molar-refractivity contribution >= 4 is 29.8 Å². The molecule has 4 bridgehead atoms.